The summed E-state index contributed by atoms with van der Waals surface area (Å²) in [6.07, 6.45) is 3.60. The van der Waals surface area contributed by atoms with Crippen LogP contribution in [0.5, 0.6) is 5.75 Å². The summed E-state index contributed by atoms with van der Waals surface area (Å²) in [6, 6.07) is 4.62. The second kappa shape index (κ2) is 7.60. The third-order valence-electron chi connectivity index (χ3n) is 3.57. The van der Waals surface area contributed by atoms with Crippen molar-refractivity contribution in [1.29, 1.82) is 0 Å². The molecule has 3 nitrogen and oxygen atoms in total. The summed E-state index contributed by atoms with van der Waals surface area (Å²) in [4.78, 5) is 0. The van der Waals surface area contributed by atoms with E-state index in [4.69, 9.17) is 9.47 Å². The molecule has 0 spiro atoms. The zero-order valence-corrected chi connectivity index (χ0v) is 12.3. The minimum absolute atomic E-state index is 0.117. The monoisotopic (exact) mass is 281 g/mol. The lowest BCUT2D eigenvalue weighted by Gasteiger charge is -2.16. The smallest absolute Gasteiger partial charge is 0.126 e. The standard InChI is InChI=1S/C16H24FNO2/c1-3-8-18-10-14-6-7-15(20-14)11-19-16-9-13(17)5-4-12(16)2/h4-5,9,14-15,18H,3,6-8,10-11H2,1-2H3. The fourth-order valence-electron chi connectivity index (χ4n) is 2.40. The van der Waals surface area contributed by atoms with Crippen molar-refractivity contribution < 1.29 is 13.9 Å². The molecule has 0 bridgehead atoms. The van der Waals surface area contributed by atoms with Crippen molar-refractivity contribution in [1.82, 2.24) is 5.32 Å². The molecule has 1 aliphatic heterocycles. The summed E-state index contributed by atoms with van der Waals surface area (Å²) >= 11 is 0. The van der Waals surface area contributed by atoms with Crippen LogP contribution in [-0.2, 0) is 4.74 Å². The maximum atomic E-state index is 13.2. The summed E-state index contributed by atoms with van der Waals surface area (Å²) in [5.74, 6) is 0.348. The molecule has 1 heterocycles. The average molecular weight is 281 g/mol. The third kappa shape index (κ3) is 4.46. The Labute approximate surface area is 120 Å². The number of nitrogens with one attached hydrogen (secondary N) is 1. The first kappa shape index (κ1) is 15.3. The maximum Gasteiger partial charge on any atom is 0.126 e. The summed E-state index contributed by atoms with van der Waals surface area (Å²) in [5.41, 5.74) is 0.950. The molecule has 1 aromatic carbocycles. The first-order valence-corrected chi connectivity index (χ1v) is 7.44. The number of halogens is 1. The van der Waals surface area contributed by atoms with Crippen LogP contribution >= 0.6 is 0 Å². The fourth-order valence-corrected chi connectivity index (χ4v) is 2.40. The van der Waals surface area contributed by atoms with Crippen LogP contribution in [0.25, 0.3) is 0 Å². The van der Waals surface area contributed by atoms with Gasteiger partial charge >= 0.3 is 0 Å². The van der Waals surface area contributed by atoms with Crippen LogP contribution in [0.2, 0.25) is 0 Å². The van der Waals surface area contributed by atoms with Gasteiger partial charge in [-0.05, 0) is 44.4 Å². The van der Waals surface area contributed by atoms with Crippen molar-refractivity contribution in [3.05, 3.63) is 29.6 Å². The topological polar surface area (TPSA) is 30.5 Å². The summed E-state index contributed by atoms with van der Waals surface area (Å²) in [5, 5.41) is 3.37. The summed E-state index contributed by atoms with van der Waals surface area (Å²) in [6.45, 7) is 6.50. The van der Waals surface area contributed by atoms with Crippen LogP contribution in [0.3, 0.4) is 0 Å². The molecule has 2 rings (SSSR count). The molecule has 1 N–H and O–H groups in total. The van der Waals surface area contributed by atoms with Crippen molar-refractivity contribution in [2.24, 2.45) is 0 Å². The van der Waals surface area contributed by atoms with Crippen LogP contribution in [0.1, 0.15) is 31.7 Å². The number of benzene rings is 1. The van der Waals surface area contributed by atoms with Crippen LogP contribution in [-0.4, -0.2) is 31.9 Å². The van der Waals surface area contributed by atoms with Gasteiger partial charge in [0.1, 0.15) is 18.2 Å². The Morgan fingerprint density at radius 1 is 1.35 bits per heavy atom. The quantitative estimate of drug-likeness (QED) is 0.779. The molecule has 1 aromatic rings. The normalized spacial score (nSPS) is 22.1. The SMILES string of the molecule is CCCNCC1CCC(COc2cc(F)ccc2C)O1. The lowest BCUT2D eigenvalue weighted by molar-refractivity contribution is 0.0185. The minimum atomic E-state index is -0.264. The number of ether oxygens (including phenoxy) is 2. The van der Waals surface area contributed by atoms with E-state index in [0.717, 1.165) is 37.9 Å². The molecule has 2 unspecified atom stereocenters. The third-order valence-corrected chi connectivity index (χ3v) is 3.57. The van der Waals surface area contributed by atoms with Gasteiger partial charge in [0.15, 0.2) is 0 Å². The van der Waals surface area contributed by atoms with Crippen LogP contribution in [0, 0.1) is 12.7 Å². The van der Waals surface area contributed by atoms with E-state index in [2.05, 4.69) is 12.2 Å². The van der Waals surface area contributed by atoms with E-state index < -0.39 is 0 Å². The Morgan fingerprint density at radius 2 is 2.15 bits per heavy atom. The van der Waals surface area contributed by atoms with E-state index in [9.17, 15) is 4.39 Å². The number of hydrogen-bond acceptors (Lipinski definition) is 3. The van der Waals surface area contributed by atoms with Crippen molar-refractivity contribution >= 4 is 0 Å². The Balaban J connectivity index is 1.74. The van der Waals surface area contributed by atoms with Crippen LogP contribution in [0.15, 0.2) is 18.2 Å². The zero-order chi connectivity index (χ0) is 14.4. The van der Waals surface area contributed by atoms with Crippen molar-refractivity contribution in [3.63, 3.8) is 0 Å². The molecule has 4 heteroatoms. The first-order chi connectivity index (χ1) is 9.69. The van der Waals surface area contributed by atoms with Crippen molar-refractivity contribution in [2.75, 3.05) is 19.7 Å². The Hall–Kier alpha value is -1.13. The largest absolute Gasteiger partial charge is 0.491 e. The zero-order valence-electron chi connectivity index (χ0n) is 12.3. The molecular formula is C16H24FNO2. The lowest BCUT2D eigenvalue weighted by Crippen LogP contribution is -2.28. The molecule has 0 saturated carbocycles. The molecule has 1 fully saturated rings. The second-order valence-corrected chi connectivity index (χ2v) is 5.38. The summed E-state index contributed by atoms with van der Waals surface area (Å²) < 4.78 is 24.8. The van der Waals surface area contributed by atoms with E-state index >= 15 is 0 Å². The maximum absolute atomic E-state index is 13.2. The van der Waals surface area contributed by atoms with E-state index in [1.54, 1.807) is 6.07 Å². The van der Waals surface area contributed by atoms with E-state index in [-0.39, 0.29) is 18.0 Å². The molecule has 0 aromatic heterocycles. The Morgan fingerprint density at radius 3 is 2.95 bits per heavy atom. The molecule has 2 atom stereocenters. The molecule has 1 saturated heterocycles. The Kier molecular flexibility index (Phi) is 5.80. The molecule has 0 radical (unpaired) electrons. The highest BCUT2D eigenvalue weighted by Crippen LogP contribution is 2.23. The highest BCUT2D eigenvalue weighted by Gasteiger charge is 2.25. The Bertz CT molecular complexity index is 425. The van der Waals surface area contributed by atoms with Gasteiger partial charge in [-0.3, -0.25) is 0 Å². The van der Waals surface area contributed by atoms with Gasteiger partial charge in [0, 0.05) is 12.6 Å². The van der Waals surface area contributed by atoms with Crippen LogP contribution < -0.4 is 10.1 Å². The predicted octanol–water partition coefficient (Wildman–Crippen LogP) is 3.06. The van der Waals surface area contributed by atoms with Gasteiger partial charge < -0.3 is 14.8 Å². The van der Waals surface area contributed by atoms with E-state index in [1.165, 1.54) is 12.1 Å². The number of rotatable bonds is 7. The van der Waals surface area contributed by atoms with Gasteiger partial charge in [0.25, 0.3) is 0 Å². The number of hydrogen-bond donors (Lipinski definition) is 1. The van der Waals surface area contributed by atoms with Gasteiger partial charge in [-0.25, -0.2) is 4.39 Å². The lowest BCUT2D eigenvalue weighted by atomic mass is 10.2. The van der Waals surface area contributed by atoms with Gasteiger partial charge in [0.05, 0.1) is 12.2 Å². The number of aryl methyl sites for hydroxylation is 1. The summed E-state index contributed by atoms with van der Waals surface area (Å²) in [7, 11) is 0. The highest BCUT2D eigenvalue weighted by molar-refractivity contribution is 5.32. The van der Waals surface area contributed by atoms with Gasteiger partial charge in [-0.1, -0.05) is 13.0 Å². The average Bonchev–Trinajstić information content (AvgIpc) is 2.88. The molecule has 112 valence electrons. The van der Waals surface area contributed by atoms with Gasteiger partial charge in [-0.2, -0.15) is 0 Å². The molecule has 20 heavy (non-hydrogen) atoms. The molecular weight excluding hydrogens is 257 g/mol. The van der Waals surface area contributed by atoms with Crippen molar-refractivity contribution in [2.45, 2.75) is 45.3 Å². The van der Waals surface area contributed by atoms with Gasteiger partial charge in [-0.15, -0.1) is 0 Å². The first-order valence-electron chi connectivity index (χ1n) is 7.44. The van der Waals surface area contributed by atoms with Crippen molar-refractivity contribution in [3.8, 4) is 5.75 Å². The highest BCUT2D eigenvalue weighted by atomic mass is 19.1. The van der Waals surface area contributed by atoms with E-state index in [0.29, 0.717) is 12.4 Å². The molecule has 0 amide bonds. The van der Waals surface area contributed by atoms with Gasteiger partial charge in [0.2, 0.25) is 0 Å². The van der Waals surface area contributed by atoms with E-state index in [1.807, 2.05) is 6.92 Å². The molecule has 0 aliphatic carbocycles. The molecule has 1 aliphatic rings. The second-order valence-electron chi connectivity index (χ2n) is 5.38. The van der Waals surface area contributed by atoms with Crippen LogP contribution in [0.4, 0.5) is 4.39 Å². The fraction of sp³-hybridized carbons (Fsp3) is 0.625. The minimum Gasteiger partial charge on any atom is -0.491 e. The predicted molar refractivity (Wildman–Crippen MR) is 77.7 cm³/mol.